The van der Waals surface area contributed by atoms with Gasteiger partial charge in [0.1, 0.15) is 10.7 Å². The zero-order valence-corrected chi connectivity index (χ0v) is 14.8. The van der Waals surface area contributed by atoms with Gasteiger partial charge in [0.2, 0.25) is 10.0 Å². The average Bonchev–Trinajstić information content (AvgIpc) is 2.70. The molecule has 5 nitrogen and oxygen atoms in total. The minimum absolute atomic E-state index is 0.107. The van der Waals surface area contributed by atoms with Crippen molar-refractivity contribution in [3.05, 3.63) is 16.5 Å². The second-order valence-electron chi connectivity index (χ2n) is 5.15. The van der Waals surface area contributed by atoms with Gasteiger partial charge >= 0.3 is 0 Å². The Morgan fingerprint density at radius 1 is 1.40 bits per heavy atom. The standard InChI is InChI=1S/C13H23BrN2O3S/c1-5-9(2)6-10(3)16-20(17,18)12-7-11(8-15-4)19-13(12)14/h7,9-10,15-16H,5-6,8H2,1-4H3. The number of hydrogen-bond donors (Lipinski definition) is 2. The Labute approximate surface area is 129 Å². The van der Waals surface area contributed by atoms with E-state index in [2.05, 4.69) is 39.8 Å². The highest BCUT2D eigenvalue weighted by Gasteiger charge is 2.24. The summed E-state index contributed by atoms with van der Waals surface area (Å²) in [4.78, 5) is 0.152. The van der Waals surface area contributed by atoms with Gasteiger partial charge in [-0.15, -0.1) is 0 Å². The second-order valence-corrected chi connectivity index (χ2v) is 7.56. The van der Waals surface area contributed by atoms with Crippen LogP contribution in [0.5, 0.6) is 0 Å². The van der Waals surface area contributed by atoms with Crippen molar-refractivity contribution in [2.24, 2.45) is 5.92 Å². The summed E-state index contributed by atoms with van der Waals surface area (Å²) in [5, 5.41) is 2.92. The van der Waals surface area contributed by atoms with E-state index in [9.17, 15) is 8.42 Å². The highest BCUT2D eigenvalue weighted by atomic mass is 79.9. The van der Waals surface area contributed by atoms with E-state index < -0.39 is 10.0 Å². The molecule has 0 saturated carbocycles. The van der Waals surface area contributed by atoms with E-state index in [1.165, 1.54) is 0 Å². The van der Waals surface area contributed by atoms with Crippen LogP contribution in [0.3, 0.4) is 0 Å². The van der Waals surface area contributed by atoms with E-state index in [-0.39, 0.29) is 15.6 Å². The van der Waals surface area contributed by atoms with Crippen molar-refractivity contribution < 1.29 is 12.8 Å². The third-order valence-corrected chi connectivity index (χ3v) is 5.60. The van der Waals surface area contributed by atoms with Gasteiger partial charge in [-0.1, -0.05) is 20.3 Å². The molecule has 1 aromatic heterocycles. The number of furan rings is 1. The van der Waals surface area contributed by atoms with Crippen molar-refractivity contribution >= 4 is 26.0 Å². The van der Waals surface area contributed by atoms with Gasteiger partial charge < -0.3 is 9.73 Å². The Balaban J connectivity index is 2.83. The van der Waals surface area contributed by atoms with E-state index >= 15 is 0 Å². The third kappa shape index (κ3) is 4.87. The summed E-state index contributed by atoms with van der Waals surface area (Å²) in [6.45, 7) is 6.58. The molecule has 0 aliphatic rings. The van der Waals surface area contributed by atoms with Gasteiger partial charge in [-0.25, -0.2) is 13.1 Å². The summed E-state index contributed by atoms with van der Waals surface area (Å²) in [6, 6.07) is 1.43. The molecule has 0 spiro atoms. The fourth-order valence-corrected chi connectivity index (χ4v) is 4.24. The first-order chi connectivity index (χ1) is 9.30. The maximum atomic E-state index is 12.3. The maximum absolute atomic E-state index is 12.3. The van der Waals surface area contributed by atoms with Gasteiger partial charge in [0, 0.05) is 12.1 Å². The van der Waals surface area contributed by atoms with Crippen molar-refractivity contribution in [3.63, 3.8) is 0 Å². The summed E-state index contributed by atoms with van der Waals surface area (Å²) < 4.78 is 33.0. The number of rotatable bonds is 8. The SMILES string of the molecule is CCC(C)CC(C)NS(=O)(=O)c1cc(CNC)oc1Br. The molecule has 0 aromatic carbocycles. The van der Waals surface area contributed by atoms with Crippen molar-refractivity contribution in [2.75, 3.05) is 7.05 Å². The van der Waals surface area contributed by atoms with Crippen LogP contribution in [0.1, 0.15) is 39.4 Å². The Bertz CT molecular complexity index is 528. The Hall–Kier alpha value is -0.370. The molecule has 0 bridgehead atoms. The van der Waals surface area contributed by atoms with Crippen LogP contribution in [0.25, 0.3) is 0 Å². The summed E-state index contributed by atoms with van der Waals surface area (Å²) in [5.41, 5.74) is 0. The number of halogens is 1. The molecule has 2 atom stereocenters. The highest BCUT2D eigenvalue weighted by molar-refractivity contribution is 9.10. The van der Waals surface area contributed by atoms with Crippen LogP contribution in [0.15, 0.2) is 20.0 Å². The number of sulfonamides is 1. The summed E-state index contributed by atoms with van der Waals surface area (Å²) >= 11 is 3.16. The van der Waals surface area contributed by atoms with E-state index in [0.717, 1.165) is 12.8 Å². The first-order valence-corrected chi connectivity index (χ1v) is 9.02. The lowest BCUT2D eigenvalue weighted by molar-refractivity contribution is 0.444. The lowest BCUT2D eigenvalue weighted by Gasteiger charge is -2.17. The molecule has 2 unspecified atom stereocenters. The molecule has 0 aliphatic heterocycles. The third-order valence-electron chi connectivity index (χ3n) is 3.16. The molecular formula is C13H23BrN2O3S. The molecule has 7 heteroatoms. The van der Waals surface area contributed by atoms with Gasteiger partial charge in [0.05, 0.1) is 6.54 Å². The zero-order chi connectivity index (χ0) is 15.3. The normalized spacial score (nSPS) is 15.2. The first kappa shape index (κ1) is 17.7. The van der Waals surface area contributed by atoms with Crippen LogP contribution in [0.2, 0.25) is 0 Å². The molecular weight excluding hydrogens is 344 g/mol. The quantitative estimate of drug-likeness (QED) is 0.741. The molecule has 20 heavy (non-hydrogen) atoms. The van der Waals surface area contributed by atoms with Crippen LogP contribution in [-0.4, -0.2) is 21.5 Å². The van der Waals surface area contributed by atoms with Crippen LogP contribution in [0, 0.1) is 5.92 Å². The Morgan fingerprint density at radius 2 is 2.05 bits per heavy atom. The van der Waals surface area contributed by atoms with Crippen molar-refractivity contribution in [2.45, 2.75) is 51.1 Å². The van der Waals surface area contributed by atoms with Crippen LogP contribution in [-0.2, 0) is 16.6 Å². The fourth-order valence-electron chi connectivity index (χ4n) is 1.99. The van der Waals surface area contributed by atoms with E-state index in [1.807, 2.05) is 6.92 Å². The maximum Gasteiger partial charge on any atom is 0.245 e. The molecule has 0 amide bonds. The van der Waals surface area contributed by atoms with Crippen molar-refractivity contribution in [1.29, 1.82) is 0 Å². The van der Waals surface area contributed by atoms with E-state index in [1.54, 1.807) is 13.1 Å². The van der Waals surface area contributed by atoms with Gasteiger partial charge in [-0.2, -0.15) is 0 Å². The first-order valence-electron chi connectivity index (χ1n) is 6.75. The largest absolute Gasteiger partial charge is 0.452 e. The molecule has 0 saturated heterocycles. The Kier molecular flexibility index (Phi) is 6.71. The molecule has 1 rings (SSSR count). The topological polar surface area (TPSA) is 71.3 Å². The smallest absolute Gasteiger partial charge is 0.245 e. The molecule has 116 valence electrons. The predicted octanol–water partition coefficient (Wildman–Crippen LogP) is 2.86. The summed E-state index contributed by atoms with van der Waals surface area (Å²) in [6.07, 6.45) is 1.85. The van der Waals surface area contributed by atoms with Gasteiger partial charge in [-0.05, 0) is 42.2 Å². The molecule has 0 fully saturated rings. The summed E-state index contributed by atoms with van der Waals surface area (Å²) in [7, 11) is -1.79. The lowest BCUT2D eigenvalue weighted by atomic mass is 10.0. The van der Waals surface area contributed by atoms with Crippen LogP contribution in [0.4, 0.5) is 0 Å². The average molecular weight is 367 g/mol. The number of nitrogens with one attached hydrogen (secondary N) is 2. The molecule has 0 radical (unpaired) electrons. The predicted molar refractivity (Wildman–Crippen MR) is 83.0 cm³/mol. The summed E-state index contributed by atoms with van der Waals surface area (Å²) in [5.74, 6) is 1.06. The molecule has 1 aromatic rings. The minimum atomic E-state index is -3.56. The van der Waals surface area contributed by atoms with Crippen molar-refractivity contribution in [3.8, 4) is 0 Å². The monoisotopic (exact) mass is 366 g/mol. The highest BCUT2D eigenvalue weighted by Crippen LogP contribution is 2.26. The lowest BCUT2D eigenvalue weighted by Crippen LogP contribution is -2.33. The Morgan fingerprint density at radius 3 is 2.60 bits per heavy atom. The van der Waals surface area contributed by atoms with E-state index in [4.69, 9.17) is 4.42 Å². The zero-order valence-electron chi connectivity index (χ0n) is 12.4. The second kappa shape index (κ2) is 7.59. The molecule has 0 aliphatic carbocycles. The molecule has 2 N–H and O–H groups in total. The van der Waals surface area contributed by atoms with Crippen molar-refractivity contribution in [1.82, 2.24) is 10.0 Å². The van der Waals surface area contributed by atoms with Gasteiger partial charge in [-0.3, -0.25) is 0 Å². The van der Waals surface area contributed by atoms with Crippen LogP contribution < -0.4 is 10.0 Å². The molecule has 1 heterocycles. The fraction of sp³-hybridized carbons (Fsp3) is 0.692. The van der Waals surface area contributed by atoms with Gasteiger partial charge in [0.25, 0.3) is 0 Å². The minimum Gasteiger partial charge on any atom is -0.452 e. The van der Waals surface area contributed by atoms with Gasteiger partial charge in [0.15, 0.2) is 4.67 Å². The van der Waals surface area contributed by atoms with E-state index in [0.29, 0.717) is 18.2 Å². The number of hydrogen-bond acceptors (Lipinski definition) is 4. The van der Waals surface area contributed by atoms with Crippen LogP contribution >= 0.6 is 15.9 Å².